The van der Waals surface area contributed by atoms with Gasteiger partial charge in [-0.05, 0) is 54.8 Å². The van der Waals surface area contributed by atoms with E-state index in [-0.39, 0.29) is 22.3 Å². The maximum atomic E-state index is 12.5. The molecule has 0 aliphatic rings. The molecule has 0 radical (unpaired) electrons. The number of benzene rings is 2. The lowest BCUT2D eigenvalue weighted by atomic mass is 10.1. The normalized spacial score (nSPS) is 11.8. The number of rotatable bonds is 14. The Bertz CT molecular complexity index is 912. The number of halogens is 2. The summed E-state index contributed by atoms with van der Waals surface area (Å²) in [6.07, 6.45) is 8.63. The van der Waals surface area contributed by atoms with Gasteiger partial charge in [-0.25, -0.2) is 4.79 Å². The van der Waals surface area contributed by atoms with Gasteiger partial charge in [0.2, 0.25) is 0 Å². The van der Waals surface area contributed by atoms with Crippen LogP contribution in [0.4, 0.5) is 0 Å². The minimum absolute atomic E-state index is 0.0840. The minimum Gasteiger partial charge on any atom is -0.494 e. The highest BCUT2D eigenvalue weighted by molar-refractivity contribution is 6.33. The number of alkyl halides is 1. The third kappa shape index (κ3) is 9.55. The standard InChI is InChI=1S/C27H34Cl2O5/c1-4-5-6-7-8-9-10-17-32-21-12-14-22(15-13-21)33-26(30)20-11-16-24(23(28)18-20)34-27(31)25(29)19(2)3/h11-16,18-19,25H,4-10,17H2,1-3H3. The van der Waals surface area contributed by atoms with Crippen molar-refractivity contribution in [2.75, 3.05) is 6.61 Å². The fourth-order valence-corrected chi connectivity index (χ4v) is 3.43. The number of carbonyl (C=O) groups is 2. The molecule has 0 spiro atoms. The lowest BCUT2D eigenvalue weighted by Gasteiger charge is -2.13. The van der Waals surface area contributed by atoms with Gasteiger partial charge in [-0.1, -0.05) is 70.9 Å². The summed E-state index contributed by atoms with van der Waals surface area (Å²) in [5, 5.41) is -0.673. The van der Waals surface area contributed by atoms with Crippen molar-refractivity contribution in [2.45, 2.75) is 71.1 Å². The van der Waals surface area contributed by atoms with E-state index < -0.39 is 17.3 Å². The van der Waals surface area contributed by atoms with E-state index >= 15 is 0 Å². The van der Waals surface area contributed by atoms with Crippen molar-refractivity contribution in [2.24, 2.45) is 5.92 Å². The Morgan fingerprint density at radius 2 is 1.47 bits per heavy atom. The lowest BCUT2D eigenvalue weighted by Crippen LogP contribution is -2.25. The van der Waals surface area contributed by atoms with Crippen molar-refractivity contribution in [3.63, 3.8) is 0 Å². The molecule has 1 unspecified atom stereocenters. The quantitative estimate of drug-likeness (QED) is 0.112. The van der Waals surface area contributed by atoms with Crippen LogP contribution in [-0.4, -0.2) is 23.9 Å². The Hall–Kier alpha value is -2.24. The molecular weight excluding hydrogens is 475 g/mol. The van der Waals surface area contributed by atoms with Gasteiger partial charge in [-0.3, -0.25) is 4.79 Å². The van der Waals surface area contributed by atoms with E-state index in [1.807, 2.05) is 13.8 Å². The van der Waals surface area contributed by atoms with Crippen LogP contribution >= 0.6 is 23.2 Å². The highest BCUT2D eigenvalue weighted by Gasteiger charge is 2.22. The highest BCUT2D eigenvalue weighted by atomic mass is 35.5. The molecule has 186 valence electrons. The van der Waals surface area contributed by atoms with Crippen LogP contribution in [-0.2, 0) is 4.79 Å². The summed E-state index contributed by atoms with van der Waals surface area (Å²) in [7, 11) is 0. The molecular formula is C27H34Cl2O5. The van der Waals surface area contributed by atoms with Crippen molar-refractivity contribution >= 4 is 35.1 Å². The first kappa shape index (κ1) is 28.0. The number of hydrogen-bond acceptors (Lipinski definition) is 5. The first-order valence-electron chi connectivity index (χ1n) is 11.9. The van der Waals surface area contributed by atoms with Gasteiger partial charge in [0, 0.05) is 0 Å². The smallest absolute Gasteiger partial charge is 0.343 e. The topological polar surface area (TPSA) is 61.8 Å². The van der Waals surface area contributed by atoms with Crippen LogP contribution in [0.1, 0.15) is 76.1 Å². The van der Waals surface area contributed by atoms with Crippen molar-refractivity contribution in [1.29, 1.82) is 0 Å². The van der Waals surface area contributed by atoms with Crippen LogP contribution < -0.4 is 14.2 Å². The number of esters is 2. The van der Waals surface area contributed by atoms with Gasteiger partial charge >= 0.3 is 11.9 Å². The van der Waals surface area contributed by atoms with Crippen molar-refractivity contribution in [3.8, 4) is 17.2 Å². The molecule has 34 heavy (non-hydrogen) atoms. The molecule has 0 N–H and O–H groups in total. The summed E-state index contributed by atoms with van der Waals surface area (Å²) in [5.41, 5.74) is 0.232. The van der Waals surface area contributed by atoms with Crippen LogP contribution in [0.3, 0.4) is 0 Å². The molecule has 2 aromatic carbocycles. The zero-order chi connectivity index (χ0) is 24.9. The fraction of sp³-hybridized carbons (Fsp3) is 0.481. The Morgan fingerprint density at radius 1 is 0.853 bits per heavy atom. The maximum Gasteiger partial charge on any atom is 0.343 e. The summed E-state index contributed by atoms with van der Waals surface area (Å²) in [4.78, 5) is 24.5. The summed E-state index contributed by atoms with van der Waals surface area (Å²) in [6.45, 7) is 6.52. The lowest BCUT2D eigenvalue weighted by molar-refractivity contribution is -0.134. The molecule has 0 aromatic heterocycles. The second-order valence-corrected chi connectivity index (χ2v) is 9.42. The second-order valence-electron chi connectivity index (χ2n) is 8.54. The third-order valence-electron chi connectivity index (χ3n) is 5.24. The fourth-order valence-electron chi connectivity index (χ4n) is 3.17. The van der Waals surface area contributed by atoms with E-state index in [9.17, 15) is 9.59 Å². The Labute approximate surface area is 212 Å². The number of carbonyl (C=O) groups excluding carboxylic acids is 2. The van der Waals surface area contributed by atoms with Gasteiger partial charge in [0.05, 0.1) is 17.2 Å². The number of ether oxygens (including phenoxy) is 3. The maximum absolute atomic E-state index is 12.5. The summed E-state index contributed by atoms with van der Waals surface area (Å²) in [5.74, 6) is 0.00850. The van der Waals surface area contributed by atoms with Gasteiger partial charge in [-0.15, -0.1) is 11.6 Å². The molecule has 0 aliphatic heterocycles. The molecule has 2 aromatic rings. The SMILES string of the molecule is CCCCCCCCCOc1ccc(OC(=O)c2ccc(OC(=O)C(Cl)C(C)C)c(Cl)c2)cc1. The molecule has 0 saturated heterocycles. The molecule has 0 heterocycles. The van der Waals surface area contributed by atoms with E-state index in [2.05, 4.69) is 6.92 Å². The highest BCUT2D eigenvalue weighted by Crippen LogP contribution is 2.28. The summed E-state index contributed by atoms with van der Waals surface area (Å²) >= 11 is 12.2. The second kappa shape index (κ2) is 14.9. The van der Waals surface area contributed by atoms with Crippen LogP contribution in [0.2, 0.25) is 5.02 Å². The zero-order valence-corrected chi connectivity index (χ0v) is 21.7. The zero-order valence-electron chi connectivity index (χ0n) is 20.2. The van der Waals surface area contributed by atoms with Gasteiger partial charge in [-0.2, -0.15) is 0 Å². The Balaban J connectivity index is 1.80. The molecule has 0 bridgehead atoms. The largest absolute Gasteiger partial charge is 0.494 e. The Morgan fingerprint density at radius 3 is 2.09 bits per heavy atom. The number of hydrogen-bond donors (Lipinski definition) is 0. The van der Waals surface area contributed by atoms with Crippen LogP contribution in [0.25, 0.3) is 0 Å². The van der Waals surface area contributed by atoms with E-state index in [0.717, 1.165) is 12.2 Å². The van der Waals surface area contributed by atoms with E-state index in [1.54, 1.807) is 24.3 Å². The molecule has 0 fully saturated rings. The first-order valence-corrected chi connectivity index (χ1v) is 12.7. The predicted molar refractivity (Wildman–Crippen MR) is 136 cm³/mol. The number of unbranched alkanes of at least 4 members (excludes halogenated alkanes) is 6. The third-order valence-corrected chi connectivity index (χ3v) is 6.22. The van der Waals surface area contributed by atoms with Gasteiger partial charge < -0.3 is 14.2 Å². The molecule has 0 amide bonds. The average molecular weight is 509 g/mol. The van der Waals surface area contributed by atoms with E-state index in [4.69, 9.17) is 37.4 Å². The van der Waals surface area contributed by atoms with Crippen molar-refractivity contribution in [1.82, 2.24) is 0 Å². The van der Waals surface area contributed by atoms with Gasteiger partial charge in [0.15, 0.2) is 0 Å². The van der Waals surface area contributed by atoms with Crippen molar-refractivity contribution < 1.29 is 23.8 Å². The molecule has 1 atom stereocenters. The molecule has 0 aliphatic carbocycles. The molecule has 7 heteroatoms. The monoisotopic (exact) mass is 508 g/mol. The van der Waals surface area contributed by atoms with Crippen LogP contribution in [0.5, 0.6) is 17.2 Å². The average Bonchev–Trinajstić information content (AvgIpc) is 2.82. The van der Waals surface area contributed by atoms with Crippen LogP contribution in [0, 0.1) is 5.92 Å². The van der Waals surface area contributed by atoms with Gasteiger partial charge in [0.1, 0.15) is 22.6 Å². The summed E-state index contributed by atoms with van der Waals surface area (Å²) < 4.78 is 16.4. The van der Waals surface area contributed by atoms with E-state index in [1.165, 1.54) is 56.7 Å². The van der Waals surface area contributed by atoms with Crippen molar-refractivity contribution in [3.05, 3.63) is 53.1 Å². The first-order chi connectivity index (χ1) is 16.3. The molecule has 2 rings (SSSR count). The van der Waals surface area contributed by atoms with E-state index in [0.29, 0.717) is 12.4 Å². The minimum atomic E-state index is -0.789. The predicted octanol–water partition coefficient (Wildman–Crippen LogP) is 7.86. The van der Waals surface area contributed by atoms with Gasteiger partial charge in [0.25, 0.3) is 0 Å². The van der Waals surface area contributed by atoms with Crippen LogP contribution in [0.15, 0.2) is 42.5 Å². The Kier molecular flexibility index (Phi) is 12.3. The molecule has 0 saturated carbocycles. The molecule has 5 nitrogen and oxygen atoms in total. The summed E-state index contributed by atoms with van der Waals surface area (Å²) in [6, 6.07) is 11.2.